The Balaban J connectivity index is 1.60. The number of aliphatic hydroxyl groups is 1. The first-order valence-electron chi connectivity index (χ1n) is 9.95. The minimum absolute atomic E-state index is 0.106. The van der Waals surface area contributed by atoms with E-state index in [0.29, 0.717) is 29.5 Å². The maximum absolute atomic E-state index is 12.4. The third-order valence-electron chi connectivity index (χ3n) is 4.76. The van der Waals surface area contributed by atoms with Crippen molar-refractivity contribution >= 4 is 26.8 Å². The van der Waals surface area contributed by atoms with Crippen LogP contribution < -0.4 is 5.32 Å². The third kappa shape index (κ3) is 5.90. The highest BCUT2D eigenvalue weighted by atomic mass is 32.2. The fourth-order valence-corrected chi connectivity index (χ4v) is 4.58. The van der Waals surface area contributed by atoms with Gasteiger partial charge in [-0.2, -0.15) is 0 Å². The van der Waals surface area contributed by atoms with Crippen LogP contribution in [0.3, 0.4) is 0 Å². The molecule has 1 heterocycles. The first-order valence-corrected chi connectivity index (χ1v) is 11.8. The number of sulfone groups is 1. The molecule has 0 aliphatic heterocycles. The summed E-state index contributed by atoms with van der Waals surface area (Å²) in [5.41, 5.74) is 1.87. The molecule has 30 heavy (non-hydrogen) atoms. The van der Waals surface area contributed by atoms with E-state index < -0.39 is 27.9 Å². The smallest absolute Gasteiger partial charge is 0.226 e. The maximum Gasteiger partial charge on any atom is 0.226 e. The molecule has 0 radical (unpaired) electrons. The van der Waals surface area contributed by atoms with Crippen LogP contribution in [0, 0.1) is 0 Å². The van der Waals surface area contributed by atoms with Gasteiger partial charge in [0.15, 0.2) is 21.5 Å². The fourth-order valence-electron chi connectivity index (χ4n) is 3.24. The number of nitrogens with zero attached hydrogens (tertiary/aromatic N) is 1. The quantitative estimate of drug-likeness (QED) is 0.511. The Labute approximate surface area is 176 Å². The van der Waals surface area contributed by atoms with Crippen LogP contribution in [0.2, 0.25) is 0 Å². The second kappa shape index (κ2) is 9.86. The molecule has 1 amide bonds. The van der Waals surface area contributed by atoms with Crippen molar-refractivity contribution in [1.29, 1.82) is 0 Å². The second-order valence-corrected chi connectivity index (χ2v) is 9.44. The van der Waals surface area contributed by atoms with Gasteiger partial charge in [0, 0.05) is 6.42 Å². The van der Waals surface area contributed by atoms with Gasteiger partial charge < -0.3 is 14.8 Å². The summed E-state index contributed by atoms with van der Waals surface area (Å²) in [7, 11) is -3.42. The first-order chi connectivity index (χ1) is 14.4. The van der Waals surface area contributed by atoms with Crippen molar-refractivity contribution in [2.45, 2.75) is 44.1 Å². The van der Waals surface area contributed by atoms with Gasteiger partial charge in [-0.05, 0) is 24.1 Å². The number of hydrogen-bond donors (Lipinski definition) is 2. The molecule has 0 bridgehead atoms. The molecule has 0 saturated carbocycles. The number of nitrogens with one attached hydrogen (secondary N) is 1. The molecular formula is C22H26N2O5S. The summed E-state index contributed by atoms with van der Waals surface area (Å²) in [4.78, 5) is 16.7. The lowest BCUT2D eigenvalue weighted by atomic mass is 10.1. The lowest BCUT2D eigenvalue weighted by molar-refractivity contribution is -0.122. The highest BCUT2D eigenvalue weighted by molar-refractivity contribution is 7.90. The van der Waals surface area contributed by atoms with E-state index >= 15 is 0 Å². The van der Waals surface area contributed by atoms with Gasteiger partial charge in [0.2, 0.25) is 11.8 Å². The summed E-state index contributed by atoms with van der Waals surface area (Å²) in [6, 6.07) is 15.4. The molecule has 2 unspecified atom stereocenters. The standard InChI is InChI=1S/C22H26N2O5S/c1-2-8-18(21(26)22-24-17-11-6-7-12-19(17)29-22)23-20(25)13-14-30(27,28)15-16-9-4-3-5-10-16/h3-7,9-12,18,21,26H,2,8,13-15H2,1H3,(H,23,25). The van der Waals surface area contributed by atoms with Crippen molar-refractivity contribution < 1.29 is 22.7 Å². The zero-order valence-corrected chi connectivity index (χ0v) is 17.6. The lowest BCUT2D eigenvalue weighted by Crippen LogP contribution is -2.40. The number of carbonyl (C=O) groups excluding carboxylic acids is 1. The van der Waals surface area contributed by atoms with E-state index in [1.807, 2.05) is 25.1 Å². The van der Waals surface area contributed by atoms with E-state index in [4.69, 9.17) is 4.42 Å². The number of aliphatic hydroxyl groups excluding tert-OH is 1. The summed E-state index contributed by atoms with van der Waals surface area (Å²) >= 11 is 0. The van der Waals surface area contributed by atoms with Crippen LogP contribution in [0.5, 0.6) is 0 Å². The van der Waals surface area contributed by atoms with Gasteiger partial charge in [-0.1, -0.05) is 55.8 Å². The molecule has 2 atom stereocenters. The minimum Gasteiger partial charge on any atom is -0.438 e. The molecule has 0 fully saturated rings. The van der Waals surface area contributed by atoms with Gasteiger partial charge in [-0.25, -0.2) is 13.4 Å². The van der Waals surface area contributed by atoms with Crippen LogP contribution in [-0.4, -0.2) is 36.2 Å². The summed E-state index contributed by atoms with van der Waals surface area (Å²) in [6.45, 7) is 1.93. The highest BCUT2D eigenvalue weighted by Crippen LogP contribution is 2.24. The number of amides is 1. The number of oxazole rings is 1. The van der Waals surface area contributed by atoms with Crippen LogP contribution in [-0.2, 0) is 20.4 Å². The number of benzene rings is 2. The van der Waals surface area contributed by atoms with Gasteiger partial charge in [-0.15, -0.1) is 0 Å². The van der Waals surface area contributed by atoms with E-state index in [2.05, 4.69) is 10.3 Å². The van der Waals surface area contributed by atoms with Gasteiger partial charge in [0.1, 0.15) is 5.52 Å². The van der Waals surface area contributed by atoms with Crippen LogP contribution >= 0.6 is 0 Å². The molecule has 0 spiro atoms. The Kier molecular flexibility index (Phi) is 7.23. The lowest BCUT2D eigenvalue weighted by Gasteiger charge is -2.21. The minimum atomic E-state index is -3.42. The van der Waals surface area contributed by atoms with Crippen LogP contribution in [0.1, 0.15) is 43.7 Å². The zero-order chi connectivity index (χ0) is 21.6. The van der Waals surface area contributed by atoms with Gasteiger partial charge in [0.05, 0.1) is 17.5 Å². The first kappa shape index (κ1) is 22.0. The van der Waals surface area contributed by atoms with Crippen molar-refractivity contribution in [3.8, 4) is 0 Å². The van der Waals surface area contributed by atoms with Crippen LogP contribution in [0.4, 0.5) is 0 Å². The van der Waals surface area contributed by atoms with Crippen molar-refractivity contribution in [1.82, 2.24) is 10.3 Å². The molecule has 0 aliphatic rings. The Morgan fingerprint density at radius 1 is 1.13 bits per heavy atom. The molecule has 2 N–H and O–H groups in total. The van der Waals surface area contributed by atoms with Crippen LogP contribution in [0.25, 0.3) is 11.1 Å². The molecule has 3 aromatic rings. The van der Waals surface area contributed by atoms with Crippen molar-refractivity contribution in [2.75, 3.05) is 5.75 Å². The monoisotopic (exact) mass is 430 g/mol. The predicted molar refractivity (Wildman–Crippen MR) is 114 cm³/mol. The van der Waals surface area contributed by atoms with Crippen LogP contribution in [0.15, 0.2) is 59.0 Å². The third-order valence-corrected chi connectivity index (χ3v) is 6.36. The van der Waals surface area contributed by atoms with E-state index in [1.165, 1.54) is 0 Å². The van der Waals surface area contributed by atoms with Crippen molar-refractivity contribution in [3.05, 3.63) is 66.1 Å². The number of para-hydroxylation sites is 2. The maximum atomic E-state index is 12.4. The molecule has 0 saturated heterocycles. The summed E-state index contributed by atoms with van der Waals surface area (Å²) in [5, 5.41) is 13.4. The largest absolute Gasteiger partial charge is 0.438 e. The Morgan fingerprint density at radius 2 is 1.83 bits per heavy atom. The van der Waals surface area contributed by atoms with Gasteiger partial charge in [0.25, 0.3) is 0 Å². The van der Waals surface area contributed by atoms with E-state index in [-0.39, 0.29) is 23.8 Å². The number of aromatic nitrogens is 1. The highest BCUT2D eigenvalue weighted by Gasteiger charge is 2.27. The molecule has 8 heteroatoms. The zero-order valence-electron chi connectivity index (χ0n) is 16.8. The predicted octanol–water partition coefficient (Wildman–Crippen LogP) is 3.15. The average molecular weight is 431 g/mol. The number of rotatable bonds is 10. The van der Waals surface area contributed by atoms with Crippen molar-refractivity contribution in [3.63, 3.8) is 0 Å². The number of hydrogen-bond acceptors (Lipinski definition) is 6. The van der Waals surface area contributed by atoms with Gasteiger partial charge >= 0.3 is 0 Å². The normalized spacial score (nSPS) is 13.8. The summed E-state index contributed by atoms with van der Waals surface area (Å²) in [6.07, 6.45) is -0.0747. The molecule has 160 valence electrons. The number of fused-ring (bicyclic) bond motifs is 1. The Bertz CT molecular complexity index is 1050. The van der Waals surface area contributed by atoms with E-state index in [1.54, 1.807) is 36.4 Å². The van der Waals surface area contributed by atoms with E-state index in [9.17, 15) is 18.3 Å². The summed E-state index contributed by atoms with van der Waals surface area (Å²) in [5.74, 6) is -0.664. The van der Waals surface area contributed by atoms with E-state index in [0.717, 1.165) is 0 Å². The fraction of sp³-hybridized carbons (Fsp3) is 0.364. The molecule has 3 rings (SSSR count). The molecular weight excluding hydrogens is 404 g/mol. The average Bonchev–Trinajstić information content (AvgIpc) is 3.16. The van der Waals surface area contributed by atoms with Gasteiger partial charge in [-0.3, -0.25) is 4.79 Å². The SMILES string of the molecule is CCCC(NC(=O)CCS(=O)(=O)Cc1ccccc1)C(O)c1nc2ccccc2o1. The number of carbonyl (C=O) groups is 1. The Hall–Kier alpha value is -2.71. The molecule has 7 nitrogen and oxygen atoms in total. The molecule has 1 aromatic heterocycles. The van der Waals surface area contributed by atoms with Crippen molar-refractivity contribution in [2.24, 2.45) is 0 Å². The molecule has 2 aromatic carbocycles. The summed E-state index contributed by atoms with van der Waals surface area (Å²) < 4.78 is 30.2. The Morgan fingerprint density at radius 3 is 2.53 bits per heavy atom. The second-order valence-electron chi connectivity index (χ2n) is 7.25. The molecule has 0 aliphatic carbocycles. The topological polar surface area (TPSA) is 110 Å².